The summed E-state index contributed by atoms with van der Waals surface area (Å²) in [5.41, 5.74) is 0. The van der Waals surface area contributed by atoms with Gasteiger partial charge >= 0.3 is 0 Å². The molecule has 1 heterocycles. The van der Waals surface area contributed by atoms with Gasteiger partial charge in [0.15, 0.2) is 0 Å². The van der Waals surface area contributed by atoms with E-state index in [-0.39, 0.29) is 0 Å². The van der Waals surface area contributed by atoms with Crippen LogP contribution in [0.4, 0.5) is 0 Å². The van der Waals surface area contributed by atoms with Gasteiger partial charge in [0.25, 0.3) is 10.2 Å². The lowest BCUT2D eigenvalue weighted by Gasteiger charge is -2.13. The maximum Gasteiger partial charge on any atom is 0.279 e. The fourth-order valence-electron chi connectivity index (χ4n) is 1.24. The first kappa shape index (κ1) is 8.96. The fourth-order valence-corrected chi connectivity index (χ4v) is 2.30. The normalized spacial score (nSPS) is 27.6. The minimum atomic E-state index is -3.15. The van der Waals surface area contributed by atoms with Crippen molar-refractivity contribution in [2.24, 2.45) is 5.92 Å². The third-order valence-electron chi connectivity index (χ3n) is 1.98. The molecule has 0 aromatic carbocycles. The Morgan fingerprint density at radius 2 is 2.18 bits per heavy atom. The molecule has 0 bridgehead atoms. The fraction of sp³-hybridized carbons (Fsp3) is 1.00. The van der Waals surface area contributed by atoms with Crippen LogP contribution in [0.2, 0.25) is 0 Å². The first-order chi connectivity index (χ1) is 5.06. The van der Waals surface area contributed by atoms with Gasteiger partial charge in [-0.2, -0.15) is 12.7 Å². The highest BCUT2D eigenvalue weighted by Crippen LogP contribution is 2.16. The second kappa shape index (κ2) is 3.08. The highest BCUT2D eigenvalue weighted by Gasteiger charge is 2.27. The summed E-state index contributed by atoms with van der Waals surface area (Å²) in [7, 11) is -1.70. The Labute approximate surface area is 67.8 Å². The van der Waals surface area contributed by atoms with Crippen molar-refractivity contribution in [3.8, 4) is 0 Å². The van der Waals surface area contributed by atoms with E-state index in [1.807, 2.05) is 0 Å². The van der Waals surface area contributed by atoms with Crippen LogP contribution in [0.15, 0.2) is 0 Å². The number of rotatable bonds is 2. The lowest BCUT2D eigenvalue weighted by atomic mass is 10.2. The number of hydrogen-bond donors (Lipinski definition) is 1. The average molecular weight is 178 g/mol. The quantitative estimate of drug-likeness (QED) is 0.636. The minimum Gasteiger partial charge on any atom is -0.205 e. The second-order valence-corrected chi connectivity index (χ2v) is 4.84. The van der Waals surface area contributed by atoms with Crippen LogP contribution in [0.5, 0.6) is 0 Å². The first-order valence-corrected chi connectivity index (χ1v) is 5.19. The molecule has 1 rings (SSSR count). The van der Waals surface area contributed by atoms with Crippen molar-refractivity contribution in [3.05, 3.63) is 0 Å². The van der Waals surface area contributed by atoms with Gasteiger partial charge < -0.3 is 0 Å². The lowest BCUT2D eigenvalue weighted by molar-refractivity contribution is 0.457. The predicted molar refractivity (Wildman–Crippen MR) is 43.3 cm³/mol. The predicted octanol–water partition coefficient (Wildman–Crippen LogP) is -0.208. The Balaban J connectivity index is 2.64. The van der Waals surface area contributed by atoms with Crippen molar-refractivity contribution in [3.63, 3.8) is 0 Å². The van der Waals surface area contributed by atoms with Crippen LogP contribution in [-0.2, 0) is 10.2 Å². The van der Waals surface area contributed by atoms with E-state index < -0.39 is 10.2 Å². The standard InChI is InChI=1S/C6H14N2O2S/c1-6-3-4-8(5-6)11(9,10)7-2/h6-7H,3-5H2,1-2H3/t6-/m1/s1. The van der Waals surface area contributed by atoms with Crippen molar-refractivity contribution >= 4 is 10.2 Å². The molecule has 1 fully saturated rings. The first-order valence-electron chi connectivity index (χ1n) is 3.75. The molecule has 0 saturated carbocycles. The summed E-state index contributed by atoms with van der Waals surface area (Å²) < 4.78 is 26.1. The SMILES string of the molecule is CNS(=O)(=O)N1CC[C@@H](C)C1. The zero-order valence-corrected chi connectivity index (χ0v) is 7.69. The van der Waals surface area contributed by atoms with Gasteiger partial charge in [-0.1, -0.05) is 6.92 Å². The maximum absolute atomic E-state index is 11.2. The molecular weight excluding hydrogens is 164 g/mol. The second-order valence-electron chi connectivity index (χ2n) is 2.96. The van der Waals surface area contributed by atoms with E-state index in [9.17, 15) is 8.42 Å². The van der Waals surface area contributed by atoms with Gasteiger partial charge in [0, 0.05) is 20.1 Å². The molecule has 0 aliphatic carbocycles. The Bertz CT molecular complexity index is 225. The molecule has 11 heavy (non-hydrogen) atoms. The van der Waals surface area contributed by atoms with Gasteiger partial charge in [0.1, 0.15) is 0 Å². The van der Waals surface area contributed by atoms with Crippen molar-refractivity contribution in [2.45, 2.75) is 13.3 Å². The van der Waals surface area contributed by atoms with E-state index in [0.717, 1.165) is 6.42 Å². The van der Waals surface area contributed by atoms with Crippen LogP contribution in [0.25, 0.3) is 0 Å². The molecule has 1 atom stereocenters. The van der Waals surface area contributed by atoms with Crippen LogP contribution in [0.1, 0.15) is 13.3 Å². The maximum atomic E-state index is 11.2. The van der Waals surface area contributed by atoms with Crippen molar-refractivity contribution < 1.29 is 8.42 Å². The molecule has 0 amide bonds. The zero-order valence-electron chi connectivity index (χ0n) is 6.87. The van der Waals surface area contributed by atoms with Gasteiger partial charge in [0.05, 0.1) is 0 Å². The monoisotopic (exact) mass is 178 g/mol. The van der Waals surface area contributed by atoms with E-state index in [1.165, 1.54) is 11.4 Å². The smallest absolute Gasteiger partial charge is 0.205 e. The molecule has 0 unspecified atom stereocenters. The molecule has 0 spiro atoms. The molecule has 1 aliphatic heterocycles. The minimum absolute atomic E-state index is 0.498. The summed E-state index contributed by atoms with van der Waals surface area (Å²) in [6.07, 6.45) is 0.973. The highest BCUT2D eigenvalue weighted by atomic mass is 32.2. The van der Waals surface area contributed by atoms with Gasteiger partial charge in [-0.15, -0.1) is 0 Å². The Morgan fingerprint density at radius 1 is 1.55 bits per heavy atom. The third kappa shape index (κ3) is 1.91. The summed E-state index contributed by atoms with van der Waals surface area (Å²) in [6.45, 7) is 3.37. The summed E-state index contributed by atoms with van der Waals surface area (Å²) in [6, 6.07) is 0. The van der Waals surface area contributed by atoms with Gasteiger partial charge in [-0.25, -0.2) is 4.72 Å². The molecule has 4 nitrogen and oxygen atoms in total. The number of hydrogen-bond acceptors (Lipinski definition) is 2. The average Bonchev–Trinajstić information content (AvgIpc) is 2.36. The number of nitrogens with one attached hydrogen (secondary N) is 1. The molecule has 1 aliphatic rings. The summed E-state index contributed by atoms with van der Waals surface area (Å²) in [4.78, 5) is 0. The molecule has 66 valence electrons. The molecule has 1 N–H and O–H groups in total. The van der Waals surface area contributed by atoms with Crippen LogP contribution >= 0.6 is 0 Å². The van der Waals surface area contributed by atoms with Crippen LogP contribution in [0, 0.1) is 5.92 Å². The molecular formula is C6H14N2O2S. The highest BCUT2D eigenvalue weighted by molar-refractivity contribution is 7.87. The van der Waals surface area contributed by atoms with E-state index in [1.54, 1.807) is 0 Å². The largest absolute Gasteiger partial charge is 0.279 e. The topological polar surface area (TPSA) is 49.4 Å². The molecule has 5 heteroatoms. The van der Waals surface area contributed by atoms with Crippen molar-refractivity contribution in [1.82, 2.24) is 9.03 Å². The summed E-state index contributed by atoms with van der Waals surface area (Å²) in [5.74, 6) is 0.498. The molecule has 0 aromatic heterocycles. The van der Waals surface area contributed by atoms with Crippen LogP contribution in [-0.4, -0.2) is 32.9 Å². The Kier molecular flexibility index (Phi) is 2.51. The Morgan fingerprint density at radius 3 is 2.55 bits per heavy atom. The molecule has 0 radical (unpaired) electrons. The summed E-state index contributed by atoms with van der Waals surface area (Å²) >= 11 is 0. The molecule has 1 saturated heterocycles. The lowest BCUT2D eigenvalue weighted by Crippen LogP contribution is -2.37. The van der Waals surface area contributed by atoms with E-state index >= 15 is 0 Å². The van der Waals surface area contributed by atoms with Crippen molar-refractivity contribution in [1.29, 1.82) is 0 Å². The van der Waals surface area contributed by atoms with Gasteiger partial charge in [0.2, 0.25) is 0 Å². The zero-order chi connectivity index (χ0) is 8.48. The summed E-state index contributed by atoms with van der Waals surface area (Å²) in [5, 5.41) is 0. The van der Waals surface area contributed by atoms with E-state index in [0.29, 0.717) is 19.0 Å². The van der Waals surface area contributed by atoms with Crippen LogP contribution in [0.3, 0.4) is 0 Å². The van der Waals surface area contributed by atoms with Crippen LogP contribution < -0.4 is 4.72 Å². The third-order valence-corrected chi connectivity index (χ3v) is 3.51. The van der Waals surface area contributed by atoms with E-state index in [2.05, 4.69) is 11.6 Å². The Hall–Kier alpha value is -0.130. The van der Waals surface area contributed by atoms with Gasteiger partial charge in [-0.05, 0) is 12.3 Å². The van der Waals surface area contributed by atoms with Crippen molar-refractivity contribution in [2.75, 3.05) is 20.1 Å². The number of nitrogens with zero attached hydrogens (tertiary/aromatic N) is 1. The van der Waals surface area contributed by atoms with Gasteiger partial charge in [-0.3, -0.25) is 0 Å². The molecule has 0 aromatic rings. The van der Waals surface area contributed by atoms with E-state index in [4.69, 9.17) is 0 Å².